The lowest BCUT2D eigenvalue weighted by atomic mass is 10.1. The summed E-state index contributed by atoms with van der Waals surface area (Å²) in [7, 11) is 4.80. The number of methoxy groups -OCH3 is 1. The minimum atomic E-state index is -4.75. The second kappa shape index (κ2) is 10.2. The summed E-state index contributed by atoms with van der Waals surface area (Å²) in [6.07, 6.45) is -3.39. The van der Waals surface area contributed by atoms with Crippen LogP contribution in [0.4, 0.5) is 18.0 Å². The molecule has 0 saturated carbocycles. The van der Waals surface area contributed by atoms with Gasteiger partial charge < -0.3 is 19.2 Å². The molecule has 0 saturated heterocycles. The van der Waals surface area contributed by atoms with Crippen LogP contribution in [0, 0.1) is 0 Å². The SMILES string of the molecule is COc1ccc(-c2nc(C(F)(F)F)oc2-c2ccc(OCCNC(=O)NN(C)C)cc2)cn1. The number of nitrogens with zero attached hydrogens (tertiary/aromatic N) is 3. The lowest BCUT2D eigenvalue weighted by Gasteiger charge is -2.13. The number of rotatable bonds is 8. The van der Waals surface area contributed by atoms with Crippen molar-refractivity contribution in [1.29, 1.82) is 0 Å². The highest BCUT2D eigenvalue weighted by atomic mass is 19.4. The number of benzene rings is 1. The average Bonchev–Trinajstić information content (AvgIpc) is 3.23. The van der Waals surface area contributed by atoms with Crippen LogP contribution in [0.3, 0.4) is 0 Å². The van der Waals surface area contributed by atoms with Crippen molar-refractivity contribution >= 4 is 6.03 Å². The summed E-state index contributed by atoms with van der Waals surface area (Å²) in [5.41, 5.74) is 3.24. The Hall–Kier alpha value is -3.80. The lowest BCUT2D eigenvalue weighted by molar-refractivity contribution is -0.156. The van der Waals surface area contributed by atoms with Gasteiger partial charge in [-0.15, -0.1) is 0 Å². The molecule has 3 rings (SSSR count). The number of amides is 2. The first-order valence-electron chi connectivity index (χ1n) is 9.71. The first-order valence-corrected chi connectivity index (χ1v) is 9.71. The van der Waals surface area contributed by atoms with Gasteiger partial charge in [0.15, 0.2) is 5.76 Å². The van der Waals surface area contributed by atoms with Gasteiger partial charge in [-0.3, -0.25) is 5.43 Å². The number of hydrazine groups is 1. The molecule has 0 bridgehead atoms. The van der Waals surface area contributed by atoms with Crippen LogP contribution in [0.25, 0.3) is 22.6 Å². The zero-order valence-corrected chi connectivity index (χ0v) is 18.1. The van der Waals surface area contributed by atoms with E-state index >= 15 is 0 Å². The van der Waals surface area contributed by atoms with Crippen LogP contribution in [0.15, 0.2) is 47.0 Å². The van der Waals surface area contributed by atoms with E-state index in [4.69, 9.17) is 13.9 Å². The number of urea groups is 1. The van der Waals surface area contributed by atoms with Crippen LogP contribution >= 0.6 is 0 Å². The molecule has 2 N–H and O–H groups in total. The summed E-state index contributed by atoms with van der Waals surface area (Å²) in [4.78, 5) is 19.2. The van der Waals surface area contributed by atoms with E-state index in [9.17, 15) is 18.0 Å². The molecule has 0 fully saturated rings. The highest BCUT2D eigenvalue weighted by molar-refractivity contribution is 5.77. The maximum Gasteiger partial charge on any atom is 0.468 e. The molecule has 1 aromatic carbocycles. The lowest BCUT2D eigenvalue weighted by Crippen LogP contribution is -2.44. The van der Waals surface area contributed by atoms with E-state index in [0.717, 1.165) is 0 Å². The number of carbonyl (C=O) groups is 1. The van der Waals surface area contributed by atoms with Gasteiger partial charge >= 0.3 is 18.1 Å². The van der Waals surface area contributed by atoms with Crippen LogP contribution in [0.1, 0.15) is 5.89 Å². The van der Waals surface area contributed by atoms with Crippen molar-refractivity contribution in [2.75, 3.05) is 34.4 Å². The summed E-state index contributed by atoms with van der Waals surface area (Å²) in [5, 5.41) is 4.11. The van der Waals surface area contributed by atoms with Crippen molar-refractivity contribution < 1.29 is 31.9 Å². The second-order valence-electron chi connectivity index (χ2n) is 6.92. The van der Waals surface area contributed by atoms with E-state index < -0.39 is 12.1 Å². The number of alkyl halides is 3. The molecule has 2 amide bonds. The normalized spacial score (nSPS) is 11.4. The molecule has 33 heavy (non-hydrogen) atoms. The number of nitrogens with one attached hydrogen (secondary N) is 2. The second-order valence-corrected chi connectivity index (χ2v) is 6.92. The van der Waals surface area contributed by atoms with E-state index in [1.807, 2.05) is 0 Å². The molecule has 2 aromatic heterocycles. The van der Waals surface area contributed by atoms with E-state index in [1.165, 1.54) is 24.4 Å². The van der Waals surface area contributed by atoms with Crippen LogP contribution in [-0.2, 0) is 6.18 Å². The molecule has 0 aliphatic heterocycles. The predicted molar refractivity (Wildman–Crippen MR) is 112 cm³/mol. The fourth-order valence-electron chi connectivity index (χ4n) is 2.75. The topological polar surface area (TPSA) is 102 Å². The first kappa shape index (κ1) is 23.9. The number of oxazole rings is 1. The molecular weight excluding hydrogens is 443 g/mol. The third kappa shape index (κ3) is 6.35. The summed E-state index contributed by atoms with van der Waals surface area (Å²) in [5.74, 6) is -0.625. The van der Waals surface area contributed by atoms with Gasteiger partial charge in [0, 0.05) is 37.5 Å². The molecule has 2 heterocycles. The summed E-state index contributed by atoms with van der Waals surface area (Å²) in [6, 6.07) is 8.98. The van der Waals surface area contributed by atoms with E-state index in [2.05, 4.69) is 20.7 Å². The monoisotopic (exact) mass is 465 g/mol. The molecule has 0 radical (unpaired) electrons. The molecule has 0 unspecified atom stereocenters. The van der Waals surface area contributed by atoms with E-state index in [1.54, 1.807) is 44.4 Å². The molecule has 0 aliphatic carbocycles. The molecule has 0 spiro atoms. The van der Waals surface area contributed by atoms with Crippen molar-refractivity contribution in [1.82, 2.24) is 25.7 Å². The fraction of sp³-hybridized carbons (Fsp3) is 0.286. The number of aromatic nitrogens is 2. The number of carbonyl (C=O) groups excluding carboxylic acids is 1. The Balaban J connectivity index is 1.75. The molecule has 12 heteroatoms. The number of ether oxygens (including phenoxy) is 2. The molecular formula is C21H22F3N5O4. The van der Waals surface area contributed by atoms with Crippen LogP contribution in [0.2, 0.25) is 0 Å². The molecule has 9 nitrogen and oxygen atoms in total. The van der Waals surface area contributed by atoms with Gasteiger partial charge in [-0.1, -0.05) is 0 Å². The Morgan fingerprint density at radius 2 is 1.82 bits per heavy atom. The Morgan fingerprint density at radius 3 is 2.39 bits per heavy atom. The van der Waals surface area contributed by atoms with E-state index in [0.29, 0.717) is 22.8 Å². The van der Waals surface area contributed by atoms with Crippen molar-refractivity contribution in [2.24, 2.45) is 0 Å². The molecule has 3 aromatic rings. The highest BCUT2D eigenvalue weighted by Gasteiger charge is 2.39. The number of halogens is 3. The third-order valence-electron chi connectivity index (χ3n) is 4.19. The van der Waals surface area contributed by atoms with Crippen LogP contribution in [0.5, 0.6) is 11.6 Å². The van der Waals surface area contributed by atoms with Gasteiger partial charge in [-0.05, 0) is 30.3 Å². The van der Waals surface area contributed by atoms with Crippen molar-refractivity contribution in [3.8, 4) is 34.2 Å². The van der Waals surface area contributed by atoms with Gasteiger partial charge in [-0.25, -0.2) is 19.8 Å². The number of hydrogen-bond acceptors (Lipinski definition) is 7. The minimum absolute atomic E-state index is 0.00208. The van der Waals surface area contributed by atoms with Crippen molar-refractivity contribution in [2.45, 2.75) is 6.18 Å². The zero-order valence-electron chi connectivity index (χ0n) is 18.1. The Kier molecular flexibility index (Phi) is 7.38. The van der Waals surface area contributed by atoms with Crippen molar-refractivity contribution in [3.63, 3.8) is 0 Å². The quantitative estimate of drug-likeness (QED) is 0.387. The molecule has 176 valence electrons. The number of hydrogen-bond donors (Lipinski definition) is 2. The van der Waals surface area contributed by atoms with Gasteiger partial charge in [0.05, 0.1) is 13.7 Å². The van der Waals surface area contributed by atoms with Crippen molar-refractivity contribution in [3.05, 3.63) is 48.5 Å². The van der Waals surface area contributed by atoms with Crippen LogP contribution in [-0.4, -0.2) is 55.4 Å². The van der Waals surface area contributed by atoms with Gasteiger partial charge in [0.2, 0.25) is 5.88 Å². The Morgan fingerprint density at radius 1 is 1.12 bits per heavy atom. The van der Waals surface area contributed by atoms with E-state index in [-0.39, 0.29) is 30.6 Å². The van der Waals surface area contributed by atoms with Gasteiger partial charge in [-0.2, -0.15) is 13.2 Å². The standard InChI is InChI=1S/C21H22F3N5O4/c1-29(2)28-20(30)25-10-11-32-15-7-4-13(5-8-15)18-17(27-19(33-18)21(22,23)24)14-6-9-16(31-3)26-12-14/h4-9,12H,10-11H2,1-3H3,(H2,25,28,30). The number of pyridine rings is 1. The summed E-state index contributed by atoms with van der Waals surface area (Å²) >= 11 is 0. The molecule has 0 atom stereocenters. The smallest absolute Gasteiger partial charge is 0.468 e. The summed E-state index contributed by atoms with van der Waals surface area (Å²) < 4.78 is 55.3. The minimum Gasteiger partial charge on any atom is -0.492 e. The Bertz CT molecular complexity index is 1070. The summed E-state index contributed by atoms with van der Waals surface area (Å²) in [6.45, 7) is 0.455. The third-order valence-corrected chi connectivity index (χ3v) is 4.19. The molecule has 0 aliphatic rings. The Labute approximate surface area is 187 Å². The predicted octanol–water partition coefficient (Wildman–Crippen LogP) is 3.59. The van der Waals surface area contributed by atoms with Gasteiger partial charge in [0.25, 0.3) is 0 Å². The van der Waals surface area contributed by atoms with Crippen LogP contribution < -0.4 is 20.2 Å². The fourth-order valence-corrected chi connectivity index (χ4v) is 2.75. The first-order chi connectivity index (χ1) is 15.7. The zero-order chi connectivity index (χ0) is 24.0. The average molecular weight is 465 g/mol. The maximum absolute atomic E-state index is 13.2. The largest absolute Gasteiger partial charge is 0.492 e. The van der Waals surface area contributed by atoms with Gasteiger partial charge in [0.1, 0.15) is 18.1 Å². The maximum atomic E-state index is 13.2. The highest BCUT2D eigenvalue weighted by Crippen LogP contribution is 2.38.